The van der Waals surface area contributed by atoms with Crippen LogP contribution in [0.15, 0.2) is 0 Å². The number of nitrogens with two attached hydrogens (primary N) is 2. The third-order valence-electron chi connectivity index (χ3n) is 3.09. The number of thiophene rings is 1. The molecule has 1 unspecified atom stereocenters. The molecule has 0 saturated carbocycles. The van der Waals surface area contributed by atoms with Crippen molar-refractivity contribution in [3.05, 3.63) is 10.4 Å². The lowest BCUT2D eigenvalue weighted by atomic mass is 10.2. The topological polar surface area (TPSA) is 111 Å². The summed E-state index contributed by atoms with van der Waals surface area (Å²) in [7, 11) is 3.91. The summed E-state index contributed by atoms with van der Waals surface area (Å²) in [5, 5.41) is 3.65. The van der Waals surface area contributed by atoms with Crippen molar-refractivity contribution in [3.63, 3.8) is 0 Å². The van der Waals surface area contributed by atoms with Gasteiger partial charge in [0.05, 0.1) is 12.3 Å². The predicted molar refractivity (Wildman–Crippen MR) is 84.8 cm³/mol. The number of carbonyl (C=O) groups excluding carboxylic acids is 2. The summed E-state index contributed by atoms with van der Waals surface area (Å²) in [5.41, 5.74) is 11.4. The predicted octanol–water partition coefficient (Wildman–Crippen LogP) is 0.968. The van der Waals surface area contributed by atoms with Crippen LogP contribution in [0.5, 0.6) is 0 Å². The summed E-state index contributed by atoms with van der Waals surface area (Å²) >= 11 is 1.07. The van der Waals surface area contributed by atoms with Gasteiger partial charge in [-0.25, -0.2) is 4.79 Å². The number of anilines is 2. The van der Waals surface area contributed by atoms with Crippen LogP contribution < -0.4 is 16.8 Å². The van der Waals surface area contributed by atoms with Gasteiger partial charge < -0.3 is 26.4 Å². The molecule has 0 saturated heterocycles. The number of carbonyl (C=O) groups is 2. The van der Waals surface area contributed by atoms with Crippen LogP contribution in [0.3, 0.4) is 0 Å². The molecule has 1 aromatic heterocycles. The summed E-state index contributed by atoms with van der Waals surface area (Å²) in [6.45, 7) is 4.56. The van der Waals surface area contributed by atoms with Crippen LogP contribution in [0.25, 0.3) is 0 Å². The van der Waals surface area contributed by atoms with Crippen molar-refractivity contribution in [1.29, 1.82) is 0 Å². The van der Waals surface area contributed by atoms with E-state index in [1.807, 2.05) is 25.9 Å². The molecule has 0 aromatic carbocycles. The van der Waals surface area contributed by atoms with Crippen molar-refractivity contribution in [2.24, 2.45) is 5.73 Å². The summed E-state index contributed by atoms with van der Waals surface area (Å²) in [5.74, 6) is -1.21. The van der Waals surface area contributed by atoms with Crippen LogP contribution in [0, 0.1) is 0 Å². The minimum Gasteiger partial charge on any atom is -0.462 e. The van der Waals surface area contributed by atoms with Crippen molar-refractivity contribution >= 4 is 33.9 Å². The monoisotopic (exact) mass is 314 g/mol. The molecule has 0 spiro atoms. The second-order valence-electron chi connectivity index (χ2n) is 4.83. The Labute approximate surface area is 128 Å². The summed E-state index contributed by atoms with van der Waals surface area (Å²) in [6, 6.07) is 0.236. The van der Waals surface area contributed by atoms with E-state index in [0.29, 0.717) is 11.5 Å². The van der Waals surface area contributed by atoms with Gasteiger partial charge in [-0.3, -0.25) is 4.79 Å². The highest BCUT2D eigenvalue weighted by Crippen LogP contribution is 2.36. The van der Waals surface area contributed by atoms with Gasteiger partial charge in [0.2, 0.25) is 0 Å². The zero-order valence-electron chi connectivity index (χ0n) is 12.7. The molecule has 0 aliphatic heterocycles. The Morgan fingerprint density at radius 2 is 2.05 bits per heavy atom. The summed E-state index contributed by atoms with van der Waals surface area (Å²) in [6.07, 6.45) is 0. The molecule has 1 atom stereocenters. The Bertz CT molecular complexity index is 528. The van der Waals surface area contributed by atoms with Crippen LogP contribution in [0.4, 0.5) is 10.7 Å². The summed E-state index contributed by atoms with van der Waals surface area (Å²) in [4.78, 5) is 25.6. The van der Waals surface area contributed by atoms with Crippen LogP contribution in [-0.2, 0) is 4.74 Å². The molecule has 0 radical (unpaired) electrons. The second-order valence-corrected chi connectivity index (χ2v) is 5.85. The van der Waals surface area contributed by atoms with Crippen molar-refractivity contribution in [2.75, 3.05) is 38.3 Å². The zero-order valence-corrected chi connectivity index (χ0v) is 13.5. The maximum Gasteiger partial charge on any atom is 0.343 e. The number of esters is 1. The fourth-order valence-corrected chi connectivity index (χ4v) is 2.55. The molecule has 1 amide bonds. The van der Waals surface area contributed by atoms with E-state index >= 15 is 0 Å². The standard InChI is InChI=1S/C13H22N4O3S/c1-5-20-13(19)8-9(14)10(11(15)18)21-12(8)16-6-7(2)17(3)4/h7,16H,5-6,14H2,1-4H3,(H2,15,18). The van der Waals surface area contributed by atoms with E-state index in [1.54, 1.807) is 6.92 Å². The highest BCUT2D eigenvalue weighted by atomic mass is 32.1. The third kappa shape index (κ3) is 4.08. The first kappa shape index (κ1) is 17.3. The number of nitrogens with zero attached hydrogens (tertiary/aromatic N) is 1. The molecule has 0 bridgehead atoms. The number of nitrogens with one attached hydrogen (secondary N) is 1. The van der Waals surface area contributed by atoms with Crippen LogP contribution >= 0.6 is 11.3 Å². The van der Waals surface area contributed by atoms with E-state index in [1.165, 1.54) is 0 Å². The second kappa shape index (κ2) is 7.28. The van der Waals surface area contributed by atoms with Gasteiger partial charge in [0.15, 0.2) is 0 Å². The first-order valence-electron chi connectivity index (χ1n) is 6.59. The van der Waals surface area contributed by atoms with Crippen molar-refractivity contribution < 1.29 is 14.3 Å². The Hall–Kier alpha value is -1.80. The van der Waals surface area contributed by atoms with Gasteiger partial charge in [0.1, 0.15) is 15.4 Å². The van der Waals surface area contributed by atoms with Gasteiger partial charge in [-0.15, -0.1) is 11.3 Å². The number of hydrogen-bond acceptors (Lipinski definition) is 7. The molecular formula is C13H22N4O3S. The molecule has 21 heavy (non-hydrogen) atoms. The lowest BCUT2D eigenvalue weighted by molar-refractivity contribution is 0.0529. The lowest BCUT2D eigenvalue weighted by Gasteiger charge is -2.20. The highest BCUT2D eigenvalue weighted by Gasteiger charge is 2.25. The van der Waals surface area contributed by atoms with Gasteiger partial charge in [-0.1, -0.05) is 0 Å². The Morgan fingerprint density at radius 3 is 2.52 bits per heavy atom. The van der Waals surface area contributed by atoms with Gasteiger partial charge in [-0.2, -0.15) is 0 Å². The number of likely N-dealkylation sites (N-methyl/N-ethyl adjacent to an activating group) is 1. The van der Waals surface area contributed by atoms with E-state index in [4.69, 9.17) is 16.2 Å². The molecule has 7 nitrogen and oxygen atoms in total. The zero-order chi connectivity index (χ0) is 16.2. The van der Waals surface area contributed by atoms with Gasteiger partial charge in [-0.05, 0) is 27.9 Å². The molecule has 0 aliphatic rings. The number of hydrogen-bond donors (Lipinski definition) is 3. The third-order valence-corrected chi connectivity index (χ3v) is 4.27. The first-order chi connectivity index (χ1) is 9.79. The van der Waals surface area contributed by atoms with Crippen LogP contribution in [0.2, 0.25) is 0 Å². The highest BCUT2D eigenvalue weighted by molar-refractivity contribution is 7.19. The number of rotatable bonds is 7. The van der Waals surface area contributed by atoms with Gasteiger partial charge in [0, 0.05) is 12.6 Å². The maximum atomic E-state index is 12.0. The minimum absolute atomic E-state index is 0.0750. The molecule has 1 rings (SSSR count). The molecule has 8 heteroatoms. The molecule has 0 aliphatic carbocycles. The van der Waals surface area contributed by atoms with E-state index in [0.717, 1.165) is 11.3 Å². The smallest absolute Gasteiger partial charge is 0.343 e. The molecule has 5 N–H and O–H groups in total. The van der Waals surface area contributed by atoms with Gasteiger partial charge >= 0.3 is 5.97 Å². The average Bonchev–Trinajstić information content (AvgIpc) is 2.73. The fourth-order valence-electron chi connectivity index (χ4n) is 1.58. The van der Waals surface area contributed by atoms with E-state index in [-0.39, 0.29) is 28.8 Å². The maximum absolute atomic E-state index is 12.0. The van der Waals surface area contributed by atoms with E-state index in [9.17, 15) is 9.59 Å². The Morgan fingerprint density at radius 1 is 1.43 bits per heavy atom. The van der Waals surface area contributed by atoms with Crippen molar-refractivity contribution in [1.82, 2.24) is 4.90 Å². The number of primary amides is 1. The largest absolute Gasteiger partial charge is 0.462 e. The van der Waals surface area contributed by atoms with Crippen molar-refractivity contribution in [3.8, 4) is 0 Å². The molecule has 0 fully saturated rings. The molecule has 1 aromatic rings. The SMILES string of the molecule is CCOC(=O)c1c(NCC(C)N(C)C)sc(C(N)=O)c1N. The van der Waals surface area contributed by atoms with Crippen molar-refractivity contribution in [2.45, 2.75) is 19.9 Å². The molecular weight excluding hydrogens is 292 g/mol. The van der Waals surface area contributed by atoms with E-state index in [2.05, 4.69) is 5.32 Å². The first-order valence-corrected chi connectivity index (χ1v) is 7.40. The van der Waals surface area contributed by atoms with E-state index < -0.39 is 11.9 Å². The van der Waals surface area contributed by atoms with Crippen LogP contribution in [-0.4, -0.2) is 50.1 Å². The van der Waals surface area contributed by atoms with Gasteiger partial charge in [0.25, 0.3) is 5.91 Å². The number of nitrogen functional groups attached to an aromatic ring is 1. The minimum atomic E-state index is -0.656. The fraction of sp³-hybridized carbons (Fsp3) is 0.538. The lowest BCUT2D eigenvalue weighted by Crippen LogP contribution is -2.31. The summed E-state index contributed by atoms with van der Waals surface area (Å²) < 4.78 is 4.98. The molecule has 118 valence electrons. The number of ether oxygens (including phenoxy) is 1. The van der Waals surface area contributed by atoms with Crippen LogP contribution in [0.1, 0.15) is 33.9 Å². The molecule has 1 heterocycles. The number of amides is 1. The Kier molecular flexibility index (Phi) is 5.98. The average molecular weight is 314 g/mol. The Balaban J connectivity index is 3.08. The normalized spacial score (nSPS) is 12.2. The quantitative estimate of drug-likeness (QED) is 0.647.